The zero-order chi connectivity index (χ0) is 17.9. The molecule has 1 aromatic heterocycles. The molecule has 1 atom stereocenters. The minimum atomic E-state index is -4.03. The second-order valence-corrected chi connectivity index (χ2v) is 7.37. The van der Waals surface area contributed by atoms with Gasteiger partial charge in [0.25, 0.3) is 15.9 Å². The van der Waals surface area contributed by atoms with Crippen LogP contribution in [0.1, 0.15) is 12.6 Å². The van der Waals surface area contributed by atoms with Gasteiger partial charge in [0.1, 0.15) is 4.90 Å². The van der Waals surface area contributed by atoms with Gasteiger partial charge >= 0.3 is 0 Å². The van der Waals surface area contributed by atoms with Gasteiger partial charge in [-0.25, -0.2) is 18.4 Å². The zero-order valence-electron chi connectivity index (χ0n) is 12.8. The van der Waals surface area contributed by atoms with Gasteiger partial charge in [0.2, 0.25) is 5.82 Å². The van der Waals surface area contributed by atoms with Crippen LogP contribution in [0, 0.1) is 0 Å². The van der Waals surface area contributed by atoms with Crippen molar-refractivity contribution in [2.45, 2.75) is 24.3 Å². The Morgan fingerprint density at radius 2 is 2.08 bits per heavy atom. The highest BCUT2D eigenvalue weighted by molar-refractivity contribution is 7.92. The smallest absolute Gasteiger partial charge is 0.264 e. The van der Waals surface area contributed by atoms with Crippen LogP contribution >= 0.6 is 23.2 Å². The Hall–Kier alpha value is -1.61. The van der Waals surface area contributed by atoms with E-state index in [1.807, 2.05) is 0 Å². The van der Waals surface area contributed by atoms with E-state index in [-0.39, 0.29) is 33.1 Å². The number of benzene rings is 1. The maximum absolute atomic E-state index is 12.5. The molecule has 24 heavy (non-hydrogen) atoms. The third-order valence-corrected chi connectivity index (χ3v) is 5.24. The number of rotatable bonds is 6. The number of hydrogen-bond donors (Lipinski definition) is 2. The number of anilines is 1. The summed E-state index contributed by atoms with van der Waals surface area (Å²) in [5.74, 6) is -0.113. The molecular formula is C14H15Cl2N3O4S. The lowest BCUT2D eigenvalue weighted by Gasteiger charge is -2.13. The Labute approximate surface area is 149 Å². The number of ether oxygens (including phenoxy) is 1. The van der Waals surface area contributed by atoms with Crippen molar-refractivity contribution in [1.82, 2.24) is 9.97 Å². The number of sulfonamides is 1. The maximum atomic E-state index is 12.5. The van der Waals surface area contributed by atoms with Gasteiger partial charge in [0, 0.05) is 6.42 Å². The second kappa shape index (κ2) is 7.52. The first kappa shape index (κ1) is 18.7. The molecule has 0 aliphatic heterocycles. The molecule has 0 saturated heterocycles. The van der Waals surface area contributed by atoms with Crippen LogP contribution in [0.4, 0.5) is 5.82 Å². The van der Waals surface area contributed by atoms with Crippen molar-refractivity contribution < 1.29 is 18.3 Å². The number of aliphatic hydroxyl groups excluding tert-OH is 1. The number of aliphatic hydroxyl groups is 1. The Kier molecular flexibility index (Phi) is 5.87. The molecule has 1 unspecified atom stereocenters. The molecule has 130 valence electrons. The number of nitrogens with one attached hydrogen (secondary N) is 1. The van der Waals surface area contributed by atoms with E-state index in [2.05, 4.69) is 14.7 Å². The monoisotopic (exact) mass is 391 g/mol. The molecule has 0 aliphatic rings. The van der Waals surface area contributed by atoms with Crippen LogP contribution in [0.5, 0.6) is 5.88 Å². The predicted octanol–water partition coefficient (Wildman–Crippen LogP) is 2.52. The van der Waals surface area contributed by atoms with Crippen molar-refractivity contribution in [2.24, 2.45) is 0 Å². The number of halogens is 2. The molecule has 2 rings (SSSR count). The van der Waals surface area contributed by atoms with Gasteiger partial charge in [-0.2, -0.15) is 0 Å². The Bertz CT molecular complexity index is 844. The van der Waals surface area contributed by atoms with E-state index in [1.54, 1.807) is 6.92 Å². The van der Waals surface area contributed by atoms with Crippen molar-refractivity contribution >= 4 is 39.0 Å². The van der Waals surface area contributed by atoms with Crippen molar-refractivity contribution in [3.63, 3.8) is 0 Å². The first-order valence-electron chi connectivity index (χ1n) is 6.79. The second-order valence-electron chi connectivity index (χ2n) is 4.93. The zero-order valence-corrected chi connectivity index (χ0v) is 15.2. The predicted molar refractivity (Wildman–Crippen MR) is 91.2 cm³/mol. The molecule has 0 spiro atoms. The molecule has 7 nitrogen and oxygen atoms in total. The normalized spacial score (nSPS) is 12.7. The summed E-state index contributed by atoms with van der Waals surface area (Å²) in [5.41, 5.74) is 0.464. The van der Waals surface area contributed by atoms with Crippen molar-refractivity contribution in [1.29, 1.82) is 0 Å². The van der Waals surface area contributed by atoms with Crippen LogP contribution in [-0.4, -0.2) is 36.7 Å². The molecule has 0 fully saturated rings. The van der Waals surface area contributed by atoms with Crippen LogP contribution in [0.3, 0.4) is 0 Å². The number of nitrogens with zero attached hydrogens (tertiary/aromatic N) is 2. The average molecular weight is 392 g/mol. The van der Waals surface area contributed by atoms with Crippen molar-refractivity contribution in [2.75, 3.05) is 11.8 Å². The van der Waals surface area contributed by atoms with Crippen molar-refractivity contribution in [3.05, 3.63) is 40.1 Å². The van der Waals surface area contributed by atoms with Crippen molar-refractivity contribution in [3.8, 4) is 5.88 Å². The maximum Gasteiger partial charge on any atom is 0.264 e. The summed E-state index contributed by atoms with van der Waals surface area (Å²) in [6, 6.07) is 4.27. The lowest BCUT2D eigenvalue weighted by atomic mass is 10.2. The third kappa shape index (κ3) is 4.27. The summed E-state index contributed by atoms with van der Waals surface area (Å²) in [6.45, 7) is 1.60. The standard InChI is InChI=1S/C14H15Cl2N3O4S/c1-8(20)6-9-7-17-13(14(18-9)23-2)19-24(21,22)11-5-3-4-10(15)12(11)16/h3-5,7-8,20H,6H2,1-2H3,(H,17,19). The topological polar surface area (TPSA) is 101 Å². The largest absolute Gasteiger partial charge is 0.478 e. The van der Waals surface area contributed by atoms with E-state index >= 15 is 0 Å². The first-order valence-corrected chi connectivity index (χ1v) is 9.03. The molecule has 0 aliphatic carbocycles. The summed E-state index contributed by atoms with van der Waals surface area (Å²) < 4.78 is 32.3. The SMILES string of the molecule is COc1nc(CC(C)O)cnc1NS(=O)(=O)c1cccc(Cl)c1Cl. The fourth-order valence-electron chi connectivity index (χ4n) is 1.89. The van der Waals surface area contributed by atoms with Crippen LogP contribution in [0.2, 0.25) is 10.0 Å². The van der Waals surface area contributed by atoms with Gasteiger partial charge in [0.15, 0.2) is 0 Å². The van der Waals surface area contributed by atoms with E-state index in [0.717, 1.165) is 0 Å². The first-order chi connectivity index (χ1) is 11.2. The van der Waals surface area contributed by atoms with Gasteiger partial charge in [0.05, 0.1) is 35.1 Å². The lowest BCUT2D eigenvalue weighted by Crippen LogP contribution is -2.16. The molecule has 1 aromatic carbocycles. The summed E-state index contributed by atoms with van der Waals surface area (Å²) in [6.07, 6.45) is 1.00. The van der Waals surface area contributed by atoms with Crippen LogP contribution in [0.15, 0.2) is 29.3 Å². The Balaban J connectivity index is 2.37. The highest BCUT2D eigenvalue weighted by atomic mass is 35.5. The number of aromatic nitrogens is 2. The van der Waals surface area contributed by atoms with Gasteiger partial charge in [-0.3, -0.25) is 4.72 Å². The lowest BCUT2D eigenvalue weighted by molar-refractivity contribution is 0.194. The highest BCUT2D eigenvalue weighted by Crippen LogP contribution is 2.31. The van der Waals surface area contributed by atoms with Gasteiger partial charge in [-0.05, 0) is 19.1 Å². The number of hydrogen-bond acceptors (Lipinski definition) is 6. The minimum Gasteiger partial charge on any atom is -0.478 e. The molecule has 1 heterocycles. The van der Waals surface area contributed by atoms with Crippen LogP contribution in [0.25, 0.3) is 0 Å². The molecule has 0 amide bonds. The molecule has 0 bridgehead atoms. The quantitative estimate of drug-likeness (QED) is 0.784. The Morgan fingerprint density at radius 1 is 1.38 bits per heavy atom. The van der Waals surface area contributed by atoms with E-state index in [1.165, 1.54) is 31.5 Å². The van der Waals surface area contributed by atoms with E-state index in [0.29, 0.717) is 5.69 Å². The average Bonchev–Trinajstić information content (AvgIpc) is 2.50. The van der Waals surface area contributed by atoms with Crippen LogP contribution in [-0.2, 0) is 16.4 Å². The summed E-state index contributed by atoms with van der Waals surface area (Å²) in [7, 11) is -2.70. The van der Waals surface area contributed by atoms with Gasteiger partial charge in [-0.1, -0.05) is 29.3 Å². The fraction of sp³-hybridized carbons (Fsp3) is 0.286. The van der Waals surface area contributed by atoms with E-state index < -0.39 is 16.1 Å². The minimum absolute atomic E-state index is 0.0186. The summed E-state index contributed by atoms with van der Waals surface area (Å²) in [4.78, 5) is 7.93. The molecule has 2 N–H and O–H groups in total. The molecule has 0 saturated carbocycles. The summed E-state index contributed by atoms with van der Waals surface area (Å²) >= 11 is 11.8. The molecule has 2 aromatic rings. The van der Waals surface area contributed by atoms with Crippen LogP contribution < -0.4 is 9.46 Å². The Morgan fingerprint density at radius 3 is 2.71 bits per heavy atom. The molecule has 10 heteroatoms. The number of methoxy groups -OCH3 is 1. The van der Waals surface area contributed by atoms with E-state index in [4.69, 9.17) is 27.9 Å². The molecule has 0 radical (unpaired) electrons. The fourth-order valence-corrected chi connectivity index (χ4v) is 3.66. The third-order valence-electron chi connectivity index (χ3n) is 2.93. The van der Waals surface area contributed by atoms with Gasteiger partial charge in [-0.15, -0.1) is 0 Å². The van der Waals surface area contributed by atoms with E-state index in [9.17, 15) is 13.5 Å². The van der Waals surface area contributed by atoms with Gasteiger partial charge < -0.3 is 9.84 Å². The highest BCUT2D eigenvalue weighted by Gasteiger charge is 2.22. The summed E-state index contributed by atoms with van der Waals surface area (Å²) in [5, 5.41) is 9.41. The molecular weight excluding hydrogens is 377 g/mol.